The molecule has 1 aromatic carbocycles. The van der Waals surface area contributed by atoms with Crippen molar-refractivity contribution in [2.75, 3.05) is 6.54 Å². The van der Waals surface area contributed by atoms with Crippen LogP contribution in [0.1, 0.15) is 51.0 Å². The molecule has 1 aliphatic carbocycles. The first-order valence-corrected chi connectivity index (χ1v) is 9.06. The van der Waals surface area contributed by atoms with Crippen LogP contribution in [0.4, 0.5) is 0 Å². The van der Waals surface area contributed by atoms with Crippen molar-refractivity contribution in [3.8, 4) is 0 Å². The summed E-state index contributed by atoms with van der Waals surface area (Å²) in [5.41, 5.74) is 1.16. The second kappa shape index (κ2) is 6.96. The normalized spacial score (nSPS) is 27.3. The summed E-state index contributed by atoms with van der Waals surface area (Å²) < 4.78 is 0. The number of carbonyl (C=O) groups is 2. The third-order valence-corrected chi connectivity index (χ3v) is 5.89. The van der Waals surface area contributed by atoms with Crippen molar-refractivity contribution in [2.45, 2.75) is 51.5 Å². The summed E-state index contributed by atoms with van der Waals surface area (Å²) in [6.07, 6.45) is 3.49. The Hall–Kier alpha value is -1.84. The number of amides is 1. The topological polar surface area (TPSA) is 57.6 Å². The van der Waals surface area contributed by atoms with Crippen LogP contribution >= 0.6 is 0 Å². The number of hydrogen-bond acceptors (Lipinski definition) is 2. The fraction of sp³-hybridized carbons (Fsp3) is 0.600. The van der Waals surface area contributed by atoms with Gasteiger partial charge in [0.05, 0.1) is 0 Å². The monoisotopic (exact) mass is 329 g/mol. The zero-order valence-corrected chi connectivity index (χ0v) is 14.5. The van der Waals surface area contributed by atoms with Gasteiger partial charge in [-0.2, -0.15) is 0 Å². The minimum absolute atomic E-state index is 0.000599. The molecule has 1 aromatic rings. The number of fused-ring (bicyclic) bond motifs is 1. The van der Waals surface area contributed by atoms with E-state index in [-0.39, 0.29) is 17.7 Å². The van der Waals surface area contributed by atoms with E-state index in [1.807, 2.05) is 18.2 Å². The third kappa shape index (κ3) is 3.19. The van der Waals surface area contributed by atoms with Gasteiger partial charge in [-0.05, 0) is 42.1 Å². The summed E-state index contributed by atoms with van der Waals surface area (Å²) >= 11 is 0. The van der Waals surface area contributed by atoms with E-state index in [9.17, 15) is 14.7 Å². The van der Waals surface area contributed by atoms with Gasteiger partial charge in [0.25, 0.3) is 0 Å². The van der Waals surface area contributed by atoms with Gasteiger partial charge in [-0.25, -0.2) is 4.79 Å². The van der Waals surface area contributed by atoms with Gasteiger partial charge in [0.1, 0.15) is 6.04 Å². The molecule has 0 spiro atoms. The Morgan fingerprint density at radius 2 is 1.92 bits per heavy atom. The maximum Gasteiger partial charge on any atom is 0.326 e. The molecule has 24 heavy (non-hydrogen) atoms. The molecule has 0 aromatic heterocycles. The van der Waals surface area contributed by atoms with E-state index < -0.39 is 12.0 Å². The lowest BCUT2D eigenvalue weighted by atomic mass is 9.85. The van der Waals surface area contributed by atoms with Gasteiger partial charge in [0.15, 0.2) is 0 Å². The first-order valence-electron chi connectivity index (χ1n) is 9.06. The van der Waals surface area contributed by atoms with Crippen LogP contribution in [0.15, 0.2) is 30.3 Å². The van der Waals surface area contributed by atoms with E-state index in [2.05, 4.69) is 26.0 Å². The summed E-state index contributed by atoms with van der Waals surface area (Å²) in [5, 5.41) is 9.65. The molecule has 2 aliphatic rings. The first-order chi connectivity index (χ1) is 11.5. The number of carboxylic acids is 1. The molecule has 1 N–H and O–H groups in total. The average molecular weight is 329 g/mol. The third-order valence-electron chi connectivity index (χ3n) is 5.89. The summed E-state index contributed by atoms with van der Waals surface area (Å²) in [6.45, 7) is 4.87. The standard InChI is InChI=1S/C20H27NO3/c1-13(2)17(14-7-4-3-5-8-14)11-18(22)21-12-15-9-6-10-16(15)19(21)20(23)24/h3-5,7-8,13,15-17,19H,6,9-12H2,1-2H3,(H,23,24). The van der Waals surface area contributed by atoms with Crippen molar-refractivity contribution in [1.82, 2.24) is 4.90 Å². The van der Waals surface area contributed by atoms with Crippen LogP contribution in [0.2, 0.25) is 0 Å². The van der Waals surface area contributed by atoms with Gasteiger partial charge in [-0.1, -0.05) is 50.6 Å². The summed E-state index contributed by atoms with van der Waals surface area (Å²) in [6, 6.07) is 9.47. The van der Waals surface area contributed by atoms with Crippen LogP contribution in [0.25, 0.3) is 0 Å². The maximum atomic E-state index is 12.9. The lowest BCUT2D eigenvalue weighted by Crippen LogP contribution is -2.43. The second-order valence-electron chi connectivity index (χ2n) is 7.65. The molecule has 4 heteroatoms. The Morgan fingerprint density at radius 3 is 2.54 bits per heavy atom. The Labute approximate surface area is 143 Å². The minimum atomic E-state index is -0.835. The van der Waals surface area contributed by atoms with Crippen LogP contribution in [-0.4, -0.2) is 34.5 Å². The molecule has 4 unspecified atom stereocenters. The van der Waals surface area contributed by atoms with Gasteiger partial charge in [-0.3, -0.25) is 4.79 Å². The quantitative estimate of drug-likeness (QED) is 0.899. The fourth-order valence-corrected chi connectivity index (χ4v) is 4.62. The van der Waals surface area contributed by atoms with E-state index in [0.717, 1.165) is 24.8 Å². The molecule has 0 bridgehead atoms. The van der Waals surface area contributed by atoms with Gasteiger partial charge in [0.2, 0.25) is 5.91 Å². The highest BCUT2D eigenvalue weighted by Crippen LogP contribution is 2.43. The summed E-state index contributed by atoms with van der Waals surface area (Å²) in [5.74, 6) is 0.165. The number of aliphatic carboxylic acids is 1. The lowest BCUT2D eigenvalue weighted by Gasteiger charge is -2.28. The van der Waals surface area contributed by atoms with Crippen LogP contribution in [0.3, 0.4) is 0 Å². The molecular formula is C20H27NO3. The fourth-order valence-electron chi connectivity index (χ4n) is 4.62. The van der Waals surface area contributed by atoms with E-state index in [4.69, 9.17) is 0 Å². The molecule has 3 rings (SSSR count). The van der Waals surface area contributed by atoms with Crippen molar-refractivity contribution in [2.24, 2.45) is 17.8 Å². The molecule has 1 aliphatic heterocycles. The van der Waals surface area contributed by atoms with Crippen LogP contribution < -0.4 is 0 Å². The Bertz CT molecular complexity index is 598. The SMILES string of the molecule is CC(C)C(CC(=O)N1CC2CCCC2C1C(=O)O)c1ccccc1. The first kappa shape index (κ1) is 17.0. The maximum absolute atomic E-state index is 12.9. The van der Waals surface area contributed by atoms with Crippen molar-refractivity contribution in [3.63, 3.8) is 0 Å². The van der Waals surface area contributed by atoms with Gasteiger partial charge in [-0.15, -0.1) is 0 Å². The van der Waals surface area contributed by atoms with Crippen molar-refractivity contribution in [1.29, 1.82) is 0 Å². The largest absolute Gasteiger partial charge is 0.480 e. The number of rotatable bonds is 5. The Balaban J connectivity index is 1.76. The number of carboxylic acid groups (broad SMARTS) is 1. The number of hydrogen-bond donors (Lipinski definition) is 1. The van der Waals surface area contributed by atoms with E-state index >= 15 is 0 Å². The molecule has 4 atom stereocenters. The highest BCUT2D eigenvalue weighted by atomic mass is 16.4. The lowest BCUT2D eigenvalue weighted by molar-refractivity contribution is -0.149. The Kier molecular flexibility index (Phi) is 4.93. The van der Waals surface area contributed by atoms with Crippen LogP contribution in [-0.2, 0) is 9.59 Å². The zero-order valence-electron chi connectivity index (χ0n) is 14.5. The number of nitrogens with zero attached hydrogens (tertiary/aromatic N) is 1. The molecule has 1 heterocycles. The highest BCUT2D eigenvalue weighted by molar-refractivity contribution is 5.85. The average Bonchev–Trinajstić information content (AvgIpc) is 3.13. The van der Waals surface area contributed by atoms with Crippen LogP contribution in [0.5, 0.6) is 0 Å². The van der Waals surface area contributed by atoms with Crippen molar-refractivity contribution in [3.05, 3.63) is 35.9 Å². The molecular weight excluding hydrogens is 302 g/mol. The molecule has 2 fully saturated rings. The molecule has 1 saturated heterocycles. The van der Waals surface area contributed by atoms with Crippen molar-refractivity contribution >= 4 is 11.9 Å². The van der Waals surface area contributed by atoms with E-state index in [1.165, 1.54) is 0 Å². The summed E-state index contributed by atoms with van der Waals surface area (Å²) in [7, 11) is 0. The van der Waals surface area contributed by atoms with E-state index in [0.29, 0.717) is 24.8 Å². The number of benzene rings is 1. The van der Waals surface area contributed by atoms with Gasteiger partial charge < -0.3 is 10.0 Å². The molecule has 1 amide bonds. The number of likely N-dealkylation sites (tertiary alicyclic amines) is 1. The second-order valence-corrected chi connectivity index (χ2v) is 7.65. The van der Waals surface area contributed by atoms with Gasteiger partial charge in [0, 0.05) is 13.0 Å². The minimum Gasteiger partial charge on any atom is -0.480 e. The van der Waals surface area contributed by atoms with Gasteiger partial charge >= 0.3 is 5.97 Å². The summed E-state index contributed by atoms with van der Waals surface area (Å²) in [4.78, 5) is 26.4. The van der Waals surface area contributed by atoms with Crippen LogP contribution in [0, 0.1) is 17.8 Å². The molecule has 4 nitrogen and oxygen atoms in total. The van der Waals surface area contributed by atoms with Crippen molar-refractivity contribution < 1.29 is 14.7 Å². The predicted octanol–water partition coefficient (Wildman–Crippen LogP) is 3.53. The highest BCUT2D eigenvalue weighted by Gasteiger charge is 2.49. The number of carbonyl (C=O) groups excluding carboxylic acids is 1. The van der Waals surface area contributed by atoms with E-state index in [1.54, 1.807) is 4.90 Å². The predicted molar refractivity (Wildman–Crippen MR) is 92.6 cm³/mol. The molecule has 130 valence electrons. The molecule has 0 radical (unpaired) electrons. The molecule has 1 saturated carbocycles. The smallest absolute Gasteiger partial charge is 0.326 e. The Morgan fingerprint density at radius 1 is 1.21 bits per heavy atom. The zero-order chi connectivity index (χ0) is 17.3.